The van der Waals surface area contributed by atoms with E-state index in [2.05, 4.69) is 20.6 Å². The zero-order valence-electron chi connectivity index (χ0n) is 16.9. The van der Waals surface area contributed by atoms with Crippen LogP contribution < -0.4 is 20.1 Å². The lowest BCUT2D eigenvalue weighted by molar-refractivity contribution is 0.0945. The van der Waals surface area contributed by atoms with Gasteiger partial charge in [-0.15, -0.1) is 0 Å². The van der Waals surface area contributed by atoms with Crippen molar-refractivity contribution in [1.29, 1.82) is 0 Å². The van der Waals surface area contributed by atoms with Crippen molar-refractivity contribution < 1.29 is 14.3 Å². The minimum Gasteiger partial charge on any atom is -0.493 e. The van der Waals surface area contributed by atoms with Crippen molar-refractivity contribution in [2.45, 2.75) is 20.4 Å². The summed E-state index contributed by atoms with van der Waals surface area (Å²) in [7, 11) is 3.16. The number of carbonyl (C=O) groups excluding carboxylic acids is 1. The molecule has 0 saturated carbocycles. The molecule has 1 heterocycles. The van der Waals surface area contributed by atoms with Gasteiger partial charge in [0.15, 0.2) is 11.5 Å². The topological polar surface area (TPSA) is 85.4 Å². The van der Waals surface area contributed by atoms with Gasteiger partial charge in [-0.25, -0.2) is 9.97 Å². The smallest absolute Gasteiger partial charge is 0.270 e. The average Bonchev–Trinajstić information content (AvgIpc) is 2.71. The van der Waals surface area contributed by atoms with Crippen LogP contribution >= 0.6 is 0 Å². The quantitative estimate of drug-likeness (QED) is 0.636. The van der Waals surface area contributed by atoms with Crippen molar-refractivity contribution in [3.05, 3.63) is 71.2 Å². The van der Waals surface area contributed by atoms with E-state index in [1.54, 1.807) is 39.3 Å². The van der Waals surface area contributed by atoms with Crippen LogP contribution in [0.1, 0.15) is 27.4 Å². The van der Waals surface area contributed by atoms with Crippen LogP contribution in [0.25, 0.3) is 0 Å². The van der Waals surface area contributed by atoms with Gasteiger partial charge in [-0.1, -0.05) is 29.8 Å². The van der Waals surface area contributed by atoms with Crippen LogP contribution in [0.5, 0.6) is 11.5 Å². The van der Waals surface area contributed by atoms with E-state index in [1.807, 2.05) is 37.3 Å². The molecule has 7 nitrogen and oxygen atoms in total. The Morgan fingerprint density at radius 1 is 0.966 bits per heavy atom. The van der Waals surface area contributed by atoms with Crippen molar-refractivity contribution in [3.8, 4) is 11.5 Å². The first-order valence-electron chi connectivity index (χ1n) is 9.17. The van der Waals surface area contributed by atoms with E-state index < -0.39 is 0 Å². The Hall–Kier alpha value is -3.61. The monoisotopic (exact) mass is 392 g/mol. The van der Waals surface area contributed by atoms with E-state index >= 15 is 0 Å². The summed E-state index contributed by atoms with van der Waals surface area (Å²) >= 11 is 0. The highest BCUT2D eigenvalue weighted by atomic mass is 16.5. The largest absolute Gasteiger partial charge is 0.493 e. The van der Waals surface area contributed by atoms with Crippen molar-refractivity contribution >= 4 is 17.4 Å². The van der Waals surface area contributed by atoms with E-state index in [0.717, 1.165) is 16.8 Å². The number of anilines is 2. The number of methoxy groups -OCH3 is 2. The molecular weight excluding hydrogens is 368 g/mol. The molecular formula is C22H24N4O3. The number of aryl methyl sites for hydroxylation is 2. The fourth-order valence-corrected chi connectivity index (χ4v) is 2.90. The molecule has 150 valence electrons. The highest BCUT2D eigenvalue weighted by molar-refractivity contribution is 5.93. The molecule has 1 aromatic heterocycles. The van der Waals surface area contributed by atoms with E-state index in [1.165, 1.54) is 0 Å². The molecule has 1 amide bonds. The van der Waals surface area contributed by atoms with Crippen LogP contribution in [0.15, 0.2) is 48.5 Å². The molecule has 0 unspecified atom stereocenters. The number of ether oxygens (including phenoxy) is 2. The van der Waals surface area contributed by atoms with Crippen LogP contribution in [0.3, 0.4) is 0 Å². The maximum atomic E-state index is 12.6. The molecule has 0 saturated heterocycles. The number of hydrogen-bond donors (Lipinski definition) is 2. The van der Waals surface area contributed by atoms with Gasteiger partial charge in [0.05, 0.1) is 14.2 Å². The van der Waals surface area contributed by atoms with Gasteiger partial charge in [-0.3, -0.25) is 4.79 Å². The summed E-state index contributed by atoms with van der Waals surface area (Å²) in [4.78, 5) is 21.2. The number of aromatic nitrogens is 2. The SMILES string of the molecule is COc1ccc(Nc2cc(C(=O)NCc3cccc(C)c3)nc(C)n2)cc1OC. The molecule has 2 aromatic carbocycles. The summed E-state index contributed by atoms with van der Waals surface area (Å²) in [5.74, 6) is 1.99. The molecule has 0 aliphatic heterocycles. The summed E-state index contributed by atoms with van der Waals surface area (Å²) < 4.78 is 10.6. The Labute approximate surface area is 170 Å². The standard InChI is InChI=1S/C22H24N4O3/c1-14-6-5-7-16(10-14)13-23-22(27)18-12-21(25-15(2)24-18)26-17-8-9-19(28-3)20(11-17)29-4/h5-12H,13H2,1-4H3,(H,23,27)(H,24,25,26). The minimum atomic E-state index is -0.257. The van der Waals surface area contributed by atoms with Gasteiger partial charge in [0.2, 0.25) is 0 Å². The first-order valence-corrected chi connectivity index (χ1v) is 9.17. The first kappa shape index (κ1) is 20.1. The van der Waals surface area contributed by atoms with Crippen molar-refractivity contribution in [2.24, 2.45) is 0 Å². The second kappa shape index (κ2) is 9.05. The predicted octanol–water partition coefficient (Wildman–Crippen LogP) is 3.78. The molecule has 0 bridgehead atoms. The number of nitrogens with zero attached hydrogens (tertiary/aromatic N) is 2. The third-order valence-electron chi connectivity index (χ3n) is 4.26. The maximum absolute atomic E-state index is 12.6. The summed E-state index contributed by atoms with van der Waals surface area (Å²) in [6, 6.07) is 15.1. The van der Waals surface area contributed by atoms with Crippen LogP contribution in [-0.4, -0.2) is 30.1 Å². The number of rotatable bonds is 7. The van der Waals surface area contributed by atoms with Gasteiger partial charge < -0.3 is 20.1 Å². The molecule has 0 fully saturated rings. The Bertz CT molecular complexity index is 1020. The Morgan fingerprint density at radius 3 is 2.48 bits per heavy atom. The minimum absolute atomic E-state index is 0.257. The van der Waals surface area contributed by atoms with Gasteiger partial charge in [0.25, 0.3) is 5.91 Å². The molecule has 0 aliphatic carbocycles. The van der Waals surface area contributed by atoms with Crippen molar-refractivity contribution in [2.75, 3.05) is 19.5 Å². The van der Waals surface area contributed by atoms with E-state index in [0.29, 0.717) is 35.4 Å². The lowest BCUT2D eigenvalue weighted by Gasteiger charge is -2.12. The fraction of sp³-hybridized carbons (Fsp3) is 0.227. The number of benzene rings is 2. The van der Waals surface area contributed by atoms with Crippen LogP contribution in [0.2, 0.25) is 0 Å². The van der Waals surface area contributed by atoms with Gasteiger partial charge >= 0.3 is 0 Å². The van der Waals surface area contributed by atoms with Crippen LogP contribution in [-0.2, 0) is 6.54 Å². The summed E-state index contributed by atoms with van der Waals surface area (Å²) in [6.07, 6.45) is 0. The molecule has 0 atom stereocenters. The van der Waals surface area contributed by atoms with Crippen molar-refractivity contribution in [3.63, 3.8) is 0 Å². The second-order valence-electron chi connectivity index (χ2n) is 6.55. The zero-order chi connectivity index (χ0) is 20.8. The summed E-state index contributed by atoms with van der Waals surface area (Å²) in [5.41, 5.74) is 3.24. The maximum Gasteiger partial charge on any atom is 0.270 e. The highest BCUT2D eigenvalue weighted by Gasteiger charge is 2.12. The van der Waals surface area contributed by atoms with Crippen LogP contribution in [0.4, 0.5) is 11.5 Å². The number of carbonyl (C=O) groups is 1. The zero-order valence-corrected chi connectivity index (χ0v) is 16.9. The molecule has 0 radical (unpaired) electrons. The number of amides is 1. The molecule has 0 spiro atoms. The molecule has 3 aromatic rings. The summed E-state index contributed by atoms with van der Waals surface area (Å²) in [5, 5.41) is 6.08. The van der Waals surface area contributed by atoms with E-state index in [9.17, 15) is 4.79 Å². The lowest BCUT2D eigenvalue weighted by Crippen LogP contribution is -2.24. The molecule has 7 heteroatoms. The predicted molar refractivity (Wildman–Crippen MR) is 112 cm³/mol. The average molecular weight is 392 g/mol. The third kappa shape index (κ3) is 5.22. The molecule has 2 N–H and O–H groups in total. The molecule has 3 rings (SSSR count). The summed E-state index contributed by atoms with van der Waals surface area (Å²) in [6.45, 7) is 4.20. The van der Waals surface area contributed by atoms with Gasteiger partial charge in [-0.2, -0.15) is 0 Å². The lowest BCUT2D eigenvalue weighted by atomic mass is 10.1. The Kier molecular flexibility index (Phi) is 6.29. The Balaban J connectivity index is 1.74. The van der Waals surface area contributed by atoms with Gasteiger partial charge in [0, 0.05) is 24.4 Å². The van der Waals surface area contributed by atoms with E-state index in [4.69, 9.17) is 9.47 Å². The Morgan fingerprint density at radius 2 is 1.76 bits per heavy atom. The fourth-order valence-electron chi connectivity index (χ4n) is 2.90. The highest BCUT2D eigenvalue weighted by Crippen LogP contribution is 2.30. The van der Waals surface area contributed by atoms with Gasteiger partial charge in [-0.05, 0) is 31.5 Å². The molecule has 0 aliphatic rings. The van der Waals surface area contributed by atoms with Crippen molar-refractivity contribution in [1.82, 2.24) is 15.3 Å². The van der Waals surface area contributed by atoms with E-state index in [-0.39, 0.29) is 5.91 Å². The molecule has 29 heavy (non-hydrogen) atoms. The first-order chi connectivity index (χ1) is 14.0. The normalized spacial score (nSPS) is 10.3. The van der Waals surface area contributed by atoms with Gasteiger partial charge in [0.1, 0.15) is 17.3 Å². The third-order valence-corrected chi connectivity index (χ3v) is 4.26. The second-order valence-corrected chi connectivity index (χ2v) is 6.55. The van der Waals surface area contributed by atoms with Crippen LogP contribution in [0, 0.1) is 13.8 Å². The number of nitrogens with one attached hydrogen (secondary N) is 2. The number of hydrogen-bond acceptors (Lipinski definition) is 6.